The number of hydrogen-bond acceptors (Lipinski definition) is 6. The van der Waals surface area contributed by atoms with E-state index in [1.54, 1.807) is 0 Å². The van der Waals surface area contributed by atoms with Crippen molar-refractivity contribution in [3.05, 3.63) is 48.6 Å². The summed E-state index contributed by atoms with van der Waals surface area (Å²) in [5.74, 6) is -0.893. The smallest absolute Gasteiger partial charge is 0.306 e. The lowest BCUT2D eigenvalue weighted by atomic mass is 10.0. The second-order valence-electron chi connectivity index (χ2n) is 18.8. The number of carbonyl (C=O) groups excluding carboxylic acids is 3. The lowest BCUT2D eigenvalue weighted by Crippen LogP contribution is -2.30. The zero-order chi connectivity index (χ0) is 47.2. The third-order valence-corrected chi connectivity index (χ3v) is 12.3. The van der Waals surface area contributed by atoms with Crippen molar-refractivity contribution in [1.29, 1.82) is 0 Å². The van der Waals surface area contributed by atoms with Gasteiger partial charge in [-0.05, 0) is 77.0 Å². The molecule has 0 N–H and O–H groups in total. The van der Waals surface area contributed by atoms with Crippen LogP contribution in [0.4, 0.5) is 0 Å². The highest BCUT2D eigenvalue weighted by atomic mass is 16.6. The zero-order valence-corrected chi connectivity index (χ0v) is 43.3. The molecule has 0 heterocycles. The number of unbranched alkanes of at least 4 members (excludes halogenated alkanes) is 32. The quantitative estimate of drug-likeness (QED) is 0.0262. The third-order valence-electron chi connectivity index (χ3n) is 12.3. The summed E-state index contributed by atoms with van der Waals surface area (Å²) < 4.78 is 16.8. The summed E-state index contributed by atoms with van der Waals surface area (Å²) >= 11 is 0. The number of rotatable bonds is 51. The van der Waals surface area contributed by atoms with Gasteiger partial charge in [0, 0.05) is 19.3 Å². The van der Waals surface area contributed by atoms with Crippen LogP contribution in [0.5, 0.6) is 0 Å². The molecule has 0 aromatic heterocycles. The van der Waals surface area contributed by atoms with Crippen LogP contribution >= 0.6 is 0 Å². The van der Waals surface area contributed by atoms with E-state index in [1.807, 2.05) is 0 Å². The van der Waals surface area contributed by atoms with E-state index < -0.39 is 6.10 Å². The van der Waals surface area contributed by atoms with Gasteiger partial charge in [0.1, 0.15) is 13.2 Å². The molecule has 0 saturated heterocycles. The van der Waals surface area contributed by atoms with E-state index in [0.717, 1.165) is 103 Å². The Morgan fingerprint density at radius 2 is 0.600 bits per heavy atom. The number of allylic oxidation sites excluding steroid dienone is 8. The van der Waals surface area contributed by atoms with Crippen LogP contribution < -0.4 is 0 Å². The summed E-state index contributed by atoms with van der Waals surface area (Å²) in [7, 11) is 0. The first kappa shape index (κ1) is 62.4. The van der Waals surface area contributed by atoms with Crippen molar-refractivity contribution < 1.29 is 28.6 Å². The van der Waals surface area contributed by atoms with Crippen LogP contribution in [-0.2, 0) is 28.6 Å². The van der Waals surface area contributed by atoms with Crippen molar-refractivity contribution in [1.82, 2.24) is 0 Å². The lowest BCUT2D eigenvalue weighted by molar-refractivity contribution is -0.167. The van der Waals surface area contributed by atoms with Crippen molar-refractivity contribution >= 4 is 17.9 Å². The fraction of sp³-hybridized carbons (Fsp3) is 0.814. The molecule has 1 atom stereocenters. The van der Waals surface area contributed by atoms with Crippen LogP contribution in [0.25, 0.3) is 0 Å². The Kier molecular flexibility index (Phi) is 51.8. The first-order valence-electron chi connectivity index (χ1n) is 28.1. The largest absolute Gasteiger partial charge is 0.462 e. The van der Waals surface area contributed by atoms with Gasteiger partial charge in [-0.15, -0.1) is 0 Å². The highest BCUT2D eigenvalue weighted by Crippen LogP contribution is 2.16. The predicted molar refractivity (Wildman–Crippen MR) is 279 cm³/mol. The van der Waals surface area contributed by atoms with Crippen molar-refractivity contribution in [2.45, 2.75) is 297 Å². The van der Waals surface area contributed by atoms with Crippen LogP contribution in [0, 0.1) is 0 Å². The molecule has 0 aliphatic carbocycles. The maximum Gasteiger partial charge on any atom is 0.306 e. The highest BCUT2D eigenvalue weighted by Gasteiger charge is 2.19. The second-order valence-corrected chi connectivity index (χ2v) is 18.8. The Morgan fingerprint density at radius 1 is 0.323 bits per heavy atom. The van der Waals surface area contributed by atoms with E-state index in [1.165, 1.54) is 148 Å². The number of carbonyl (C=O) groups is 3. The minimum absolute atomic E-state index is 0.0799. The van der Waals surface area contributed by atoms with Gasteiger partial charge in [-0.1, -0.05) is 243 Å². The van der Waals surface area contributed by atoms with Crippen molar-refractivity contribution in [3.63, 3.8) is 0 Å². The summed E-state index contributed by atoms with van der Waals surface area (Å²) in [5, 5.41) is 0. The van der Waals surface area contributed by atoms with Gasteiger partial charge in [-0.2, -0.15) is 0 Å². The average molecular weight is 911 g/mol. The summed E-state index contributed by atoms with van der Waals surface area (Å²) in [6, 6.07) is 0. The fourth-order valence-corrected chi connectivity index (χ4v) is 8.10. The normalized spacial score (nSPS) is 12.4. The average Bonchev–Trinajstić information content (AvgIpc) is 3.30. The molecule has 0 aromatic rings. The van der Waals surface area contributed by atoms with E-state index in [0.29, 0.717) is 19.3 Å². The van der Waals surface area contributed by atoms with Crippen molar-refractivity contribution in [2.75, 3.05) is 13.2 Å². The Labute approximate surface area is 403 Å². The van der Waals surface area contributed by atoms with Crippen molar-refractivity contribution in [3.8, 4) is 0 Å². The van der Waals surface area contributed by atoms with Gasteiger partial charge < -0.3 is 14.2 Å². The topological polar surface area (TPSA) is 78.9 Å². The summed E-state index contributed by atoms with van der Waals surface area (Å²) in [6.07, 6.45) is 65.3. The minimum atomic E-state index is -0.783. The molecule has 0 amide bonds. The molecule has 0 rings (SSSR count). The minimum Gasteiger partial charge on any atom is -0.462 e. The molecular formula is C59H106O6. The Hall–Kier alpha value is -2.63. The van der Waals surface area contributed by atoms with Gasteiger partial charge >= 0.3 is 17.9 Å². The molecule has 0 aromatic carbocycles. The molecule has 0 radical (unpaired) electrons. The fourth-order valence-electron chi connectivity index (χ4n) is 8.10. The zero-order valence-electron chi connectivity index (χ0n) is 43.3. The molecule has 6 heteroatoms. The van der Waals surface area contributed by atoms with E-state index >= 15 is 0 Å². The summed E-state index contributed by atoms with van der Waals surface area (Å²) in [4.78, 5) is 38.1. The molecule has 0 aliphatic rings. The van der Waals surface area contributed by atoms with Crippen LogP contribution in [0.3, 0.4) is 0 Å². The molecule has 0 spiro atoms. The van der Waals surface area contributed by atoms with E-state index in [9.17, 15) is 14.4 Å². The Morgan fingerprint density at radius 3 is 0.954 bits per heavy atom. The first-order valence-corrected chi connectivity index (χ1v) is 28.1. The molecule has 65 heavy (non-hydrogen) atoms. The summed E-state index contributed by atoms with van der Waals surface area (Å²) in [5.41, 5.74) is 0. The predicted octanol–water partition coefficient (Wildman–Crippen LogP) is 18.7. The summed E-state index contributed by atoms with van der Waals surface area (Å²) in [6.45, 7) is 6.53. The molecule has 0 bridgehead atoms. The maximum atomic E-state index is 12.8. The van der Waals surface area contributed by atoms with E-state index in [2.05, 4.69) is 69.4 Å². The van der Waals surface area contributed by atoms with Crippen LogP contribution in [0.15, 0.2) is 48.6 Å². The second kappa shape index (κ2) is 54.0. The first-order chi connectivity index (χ1) is 32.0. The molecular weight excluding hydrogens is 805 g/mol. The van der Waals surface area contributed by atoms with Gasteiger partial charge in [0.25, 0.3) is 0 Å². The molecule has 6 nitrogen and oxygen atoms in total. The Bertz CT molecular complexity index is 1140. The SMILES string of the molecule is CC/C=C\C/C=C\C/C=C\CCCCCCCC(=O)O[C@H](COC(=O)CCCCCCC/C=C\CCCCCCC)COC(=O)CCCCCCCCCCCCCCCCCCCC. The molecule has 0 saturated carbocycles. The molecule has 378 valence electrons. The van der Waals surface area contributed by atoms with Gasteiger partial charge in [0.2, 0.25) is 0 Å². The van der Waals surface area contributed by atoms with Crippen molar-refractivity contribution in [2.24, 2.45) is 0 Å². The van der Waals surface area contributed by atoms with E-state index in [-0.39, 0.29) is 31.1 Å². The van der Waals surface area contributed by atoms with Crippen LogP contribution in [0.1, 0.15) is 290 Å². The monoisotopic (exact) mass is 911 g/mol. The van der Waals surface area contributed by atoms with Gasteiger partial charge in [0.05, 0.1) is 0 Å². The van der Waals surface area contributed by atoms with Gasteiger partial charge in [0.15, 0.2) is 6.10 Å². The van der Waals surface area contributed by atoms with Gasteiger partial charge in [-0.25, -0.2) is 0 Å². The van der Waals surface area contributed by atoms with Crippen LogP contribution in [-0.4, -0.2) is 37.2 Å². The standard InChI is InChI=1S/C59H106O6/c1-4-7-10-13-16-19-22-25-28-29-30-32-34-37-40-43-46-49-52-58(61)64-55-56(54-63-57(60)51-48-45-42-39-36-33-27-24-21-18-15-12-9-6-3)65-59(62)53-50-47-44-41-38-35-31-26-23-20-17-14-11-8-5-2/h8,11,17,20,24,26-27,31,56H,4-7,9-10,12-16,18-19,21-23,25,28-30,32-55H2,1-3H3/b11-8-,20-17-,27-24-,31-26-/t56-/m1/s1. The number of hydrogen-bond donors (Lipinski definition) is 0. The highest BCUT2D eigenvalue weighted by molar-refractivity contribution is 5.71. The third kappa shape index (κ3) is 52.2. The van der Waals surface area contributed by atoms with Gasteiger partial charge in [-0.3, -0.25) is 14.4 Å². The molecule has 0 aliphatic heterocycles. The molecule has 0 unspecified atom stereocenters. The maximum absolute atomic E-state index is 12.8. The lowest BCUT2D eigenvalue weighted by Gasteiger charge is -2.18. The number of ether oxygens (including phenoxy) is 3. The van der Waals surface area contributed by atoms with Crippen LogP contribution in [0.2, 0.25) is 0 Å². The Balaban J connectivity index is 4.36. The van der Waals surface area contributed by atoms with E-state index in [4.69, 9.17) is 14.2 Å². The molecule has 0 fully saturated rings. The number of esters is 3.